The number of amides is 1. The standard InChI is InChI=1S/C13H13FN2O3/c1-8(5-6-15)11(13(18)19)16-12(17)9-3-2-4-10(14)7-9/h2-4,7-8,11H,5H2,1H3,(H,16,17)(H,18,19)/t8-,11+/m1/s1. The topological polar surface area (TPSA) is 90.2 Å². The maximum Gasteiger partial charge on any atom is 0.326 e. The summed E-state index contributed by atoms with van der Waals surface area (Å²) in [6.45, 7) is 1.55. The van der Waals surface area contributed by atoms with Crippen LogP contribution in [0.15, 0.2) is 24.3 Å². The lowest BCUT2D eigenvalue weighted by molar-refractivity contribution is -0.140. The Balaban J connectivity index is 2.83. The van der Waals surface area contributed by atoms with Crippen molar-refractivity contribution in [3.05, 3.63) is 35.6 Å². The molecule has 0 fully saturated rings. The van der Waals surface area contributed by atoms with E-state index >= 15 is 0 Å². The van der Waals surface area contributed by atoms with Crippen molar-refractivity contribution < 1.29 is 19.1 Å². The van der Waals surface area contributed by atoms with Crippen LogP contribution >= 0.6 is 0 Å². The molecule has 0 aliphatic carbocycles. The molecule has 0 aromatic heterocycles. The van der Waals surface area contributed by atoms with Crippen LogP contribution < -0.4 is 5.32 Å². The summed E-state index contributed by atoms with van der Waals surface area (Å²) in [5.41, 5.74) is 0.0374. The predicted octanol–water partition coefficient (Wildman–Crippen LogP) is 1.56. The van der Waals surface area contributed by atoms with Crippen molar-refractivity contribution in [2.75, 3.05) is 0 Å². The van der Waals surface area contributed by atoms with Crippen molar-refractivity contribution in [3.63, 3.8) is 0 Å². The molecule has 0 aliphatic rings. The van der Waals surface area contributed by atoms with Crippen LogP contribution in [0.25, 0.3) is 0 Å². The van der Waals surface area contributed by atoms with Crippen LogP contribution in [-0.4, -0.2) is 23.0 Å². The summed E-state index contributed by atoms with van der Waals surface area (Å²) in [4.78, 5) is 22.8. The van der Waals surface area contributed by atoms with Crippen LogP contribution in [0.5, 0.6) is 0 Å². The molecule has 0 saturated heterocycles. The Labute approximate surface area is 109 Å². The van der Waals surface area contributed by atoms with Gasteiger partial charge in [-0.1, -0.05) is 13.0 Å². The third-order valence-electron chi connectivity index (χ3n) is 2.62. The van der Waals surface area contributed by atoms with Gasteiger partial charge in [0.15, 0.2) is 0 Å². The Morgan fingerprint density at radius 2 is 2.21 bits per heavy atom. The molecule has 0 heterocycles. The second-order valence-electron chi connectivity index (χ2n) is 4.14. The highest BCUT2D eigenvalue weighted by atomic mass is 19.1. The first-order valence-corrected chi connectivity index (χ1v) is 5.62. The first kappa shape index (κ1) is 14.6. The maximum absolute atomic E-state index is 13.0. The lowest BCUT2D eigenvalue weighted by Gasteiger charge is -2.19. The number of nitriles is 1. The number of carbonyl (C=O) groups excluding carboxylic acids is 1. The first-order valence-electron chi connectivity index (χ1n) is 5.62. The van der Waals surface area contributed by atoms with Gasteiger partial charge in [-0.25, -0.2) is 9.18 Å². The van der Waals surface area contributed by atoms with E-state index in [9.17, 15) is 14.0 Å². The number of nitrogens with zero attached hydrogens (tertiary/aromatic N) is 1. The molecule has 1 rings (SSSR count). The third kappa shape index (κ3) is 4.07. The Morgan fingerprint density at radius 1 is 1.53 bits per heavy atom. The molecule has 2 N–H and O–H groups in total. The summed E-state index contributed by atoms with van der Waals surface area (Å²) in [5.74, 6) is -3.03. The molecule has 0 unspecified atom stereocenters. The minimum atomic E-state index is -1.23. The van der Waals surface area contributed by atoms with Gasteiger partial charge in [-0.05, 0) is 18.2 Å². The van der Waals surface area contributed by atoms with E-state index in [0.29, 0.717) is 0 Å². The summed E-state index contributed by atoms with van der Waals surface area (Å²) in [7, 11) is 0. The van der Waals surface area contributed by atoms with Gasteiger partial charge in [0, 0.05) is 17.9 Å². The molecule has 100 valence electrons. The number of nitrogens with one attached hydrogen (secondary N) is 1. The van der Waals surface area contributed by atoms with Gasteiger partial charge in [-0.3, -0.25) is 4.79 Å². The third-order valence-corrected chi connectivity index (χ3v) is 2.62. The lowest BCUT2D eigenvalue weighted by atomic mass is 9.98. The monoisotopic (exact) mass is 264 g/mol. The fourth-order valence-corrected chi connectivity index (χ4v) is 1.56. The molecule has 0 spiro atoms. The van der Waals surface area contributed by atoms with Gasteiger partial charge in [0.05, 0.1) is 6.07 Å². The number of halogens is 1. The largest absolute Gasteiger partial charge is 0.480 e. The van der Waals surface area contributed by atoms with E-state index in [1.165, 1.54) is 18.2 Å². The number of carboxylic acid groups (broad SMARTS) is 1. The first-order chi connectivity index (χ1) is 8.95. The van der Waals surface area contributed by atoms with Gasteiger partial charge in [0.1, 0.15) is 11.9 Å². The average Bonchev–Trinajstić information content (AvgIpc) is 2.35. The van der Waals surface area contributed by atoms with Gasteiger partial charge in [-0.2, -0.15) is 5.26 Å². The van der Waals surface area contributed by atoms with Gasteiger partial charge in [-0.15, -0.1) is 0 Å². The summed E-state index contributed by atoms with van der Waals surface area (Å²) >= 11 is 0. The van der Waals surface area contributed by atoms with Crippen molar-refractivity contribution in [2.45, 2.75) is 19.4 Å². The number of hydrogen-bond donors (Lipinski definition) is 2. The van der Waals surface area contributed by atoms with Gasteiger partial charge < -0.3 is 10.4 Å². The van der Waals surface area contributed by atoms with E-state index in [2.05, 4.69) is 5.32 Å². The average molecular weight is 264 g/mol. The minimum Gasteiger partial charge on any atom is -0.480 e. The molecule has 1 aromatic rings. The Kier molecular flexibility index (Phi) is 5.01. The highest BCUT2D eigenvalue weighted by Crippen LogP contribution is 2.10. The maximum atomic E-state index is 13.0. The summed E-state index contributed by atoms with van der Waals surface area (Å²) in [6.07, 6.45) is 0.000394. The van der Waals surface area contributed by atoms with E-state index in [1.54, 1.807) is 6.92 Å². The Hall–Kier alpha value is -2.42. The van der Waals surface area contributed by atoms with E-state index in [4.69, 9.17) is 10.4 Å². The minimum absolute atomic E-state index is 0.000394. The van der Waals surface area contributed by atoms with Crippen LogP contribution in [-0.2, 0) is 4.79 Å². The lowest BCUT2D eigenvalue weighted by Crippen LogP contribution is -2.45. The molecule has 6 heteroatoms. The molecule has 1 amide bonds. The fourth-order valence-electron chi connectivity index (χ4n) is 1.56. The van der Waals surface area contributed by atoms with Gasteiger partial charge in [0.25, 0.3) is 5.91 Å². The van der Waals surface area contributed by atoms with Gasteiger partial charge in [0.2, 0.25) is 0 Å². The zero-order valence-corrected chi connectivity index (χ0v) is 10.3. The van der Waals surface area contributed by atoms with Crippen molar-refractivity contribution in [3.8, 4) is 6.07 Å². The summed E-state index contributed by atoms with van der Waals surface area (Å²) < 4.78 is 13.0. The molecule has 2 atom stereocenters. The normalized spacial score (nSPS) is 13.1. The molecular weight excluding hydrogens is 251 g/mol. The van der Waals surface area contributed by atoms with E-state index < -0.39 is 29.7 Å². The number of aliphatic carboxylic acids is 1. The van der Waals surface area contributed by atoms with E-state index in [0.717, 1.165) is 6.07 Å². The summed E-state index contributed by atoms with van der Waals surface area (Å²) in [6, 6.07) is 5.61. The SMILES string of the molecule is C[C@H](CC#N)[C@H](NC(=O)c1cccc(F)c1)C(=O)O. The van der Waals surface area contributed by atoms with Crippen LogP contribution in [0.3, 0.4) is 0 Å². The molecule has 5 nitrogen and oxygen atoms in total. The quantitative estimate of drug-likeness (QED) is 0.844. The van der Waals surface area contributed by atoms with Crippen LogP contribution in [0.4, 0.5) is 4.39 Å². The van der Waals surface area contributed by atoms with Crippen molar-refractivity contribution in [1.29, 1.82) is 5.26 Å². The predicted molar refractivity (Wildman–Crippen MR) is 64.7 cm³/mol. The van der Waals surface area contributed by atoms with Gasteiger partial charge >= 0.3 is 5.97 Å². The number of hydrogen-bond acceptors (Lipinski definition) is 3. The van der Waals surface area contributed by atoms with Crippen molar-refractivity contribution >= 4 is 11.9 Å². The zero-order chi connectivity index (χ0) is 14.4. The molecule has 19 heavy (non-hydrogen) atoms. The van der Waals surface area contributed by atoms with E-state index in [1.807, 2.05) is 6.07 Å². The van der Waals surface area contributed by atoms with Crippen LogP contribution in [0.2, 0.25) is 0 Å². The number of benzene rings is 1. The van der Waals surface area contributed by atoms with E-state index in [-0.39, 0.29) is 12.0 Å². The number of rotatable bonds is 5. The second kappa shape index (κ2) is 6.50. The zero-order valence-electron chi connectivity index (χ0n) is 10.3. The summed E-state index contributed by atoms with van der Waals surface area (Å²) in [5, 5.41) is 19.9. The highest BCUT2D eigenvalue weighted by Gasteiger charge is 2.26. The number of carbonyl (C=O) groups is 2. The molecule has 0 saturated carbocycles. The molecule has 0 bridgehead atoms. The molecule has 0 aliphatic heterocycles. The molecule has 0 radical (unpaired) electrons. The smallest absolute Gasteiger partial charge is 0.326 e. The van der Waals surface area contributed by atoms with Crippen LogP contribution in [0, 0.1) is 23.1 Å². The fraction of sp³-hybridized carbons (Fsp3) is 0.308. The number of carboxylic acids is 1. The van der Waals surface area contributed by atoms with Crippen molar-refractivity contribution in [2.24, 2.45) is 5.92 Å². The highest BCUT2D eigenvalue weighted by molar-refractivity contribution is 5.96. The Morgan fingerprint density at radius 3 is 2.74 bits per heavy atom. The second-order valence-corrected chi connectivity index (χ2v) is 4.14. The Bertz CT molecular complexity index is 525. The van der Waals surface area contributed by atoms with Crippen molar-refractivity contribution in [1.82, 2.24) is 5.32 Å². The molecule has 1 aromatic carbocycles. The van der Waals surface area contributed by atoms with Crippen LogP contribution in [0.1, 0.15) is 23.7 Å². The molecular formula is C13H13FN2O3.